The summed E-state index contributed by atoms with van der Waals surface area (Å²) in [4.78, 5) is 27.3. The average molecular weight is 311 g/mol. The third-order valence-corrected chi connectivity index (χ3v) is 4.00. The molecule has 21 heavy (non-hydrogen) atoms. The van der Waals surface area contributed by atoms with Gasteiger partial charge in [0.15, 0.2) is 0 Å². The molecule has 1 aliphatic rings. The Bertz CT molecular complexity index is 564. The largest absolute Gasteiger partial charge is 0.338 e. The first-order valence-corrected chi connectivity index (χ1v) is 7.15. The fraction of sp³-hybridized carbons (Fsp3) is 0.429. The Morgan fingerprint density at radius 3 is 2.86 bits per heavy atom. The number of anilines is 1. The van der Waals surface area contributed by atoms with Gasteiger partial charge in [0.1, 0.15) is 0 Å². The number of urea groups is 1. The van der Waals surface area contributed by atoms with Crippen LogP contribution in [0.15, 0.2) is 18.2 Å². The van der Waals surface area contributed by atoms with Crippen molar-refractivity contribution < 1.29 is 9.59 Å². The fourth-order valence-electron chi connectivity index (χ4n) is 2.11. The van der Waals surface area contributed by atoms with Crippen molar-refractivity contribution in [1.29, 1.82) is 0 Å². The molecule has 3 N–H and O–H groups in total. The van der Waals surface area contributed by atoms with Gasteiger partial charge in [0, 0.05) is 38.4 Å². The first-order valence-electron chi connectivity index (χ1n) is 6.78. The highest BCUT2D eigenvalue weighted by molar-refractivity contribution is 6.34. The topological polar surface area (TPSA) is 78.7 Å². The van der Waals surface area contributed by atoms with Gasteiger partial charge in [0.25, 0.3) is 5.91 Å². The number of carbonyl (C=O) groups excluding carboxylic acids is 2. The number of nitrogens with two attached hydrogens (primary N) is 1. The van der Waals surface area contributed by atoms with Gasteiger partial charge in [-0.1, -0.05) is 11.6 Å². The summed E-state index contributed by atoms with van der Waals surface area (Å²) in [7, 11) is 1.69. The number of nitrogens with zero attached hydrogens (tertiary/aromatic N) is 2. The number of hydrogen-bond donors (Lipinski definition) is 2. The Morgan fingerprint density at radius 1 is 1.57 bits per heavy atom. The number of rotatable bonds is 4. The number of amides is 3. The van der Waals surface area contributed by atoms with Crippen LogP contribution >= 0.6 is 11.6 Å². The van der Waals surface area contributed by atoms with Crippen LogP contribution in [0.3, 0.4) is 0 Å². The average Bonchev–Trinajstić information content (AvgIpc) is 2.91. The van der Waals surface area contributed by atoms with E-state index in [1.807, 2.05) is 6.92 Å². The minimum absolute atomic E-state index is 0.0905. The van der Waals surface area contributed by atoms with Crippen molar-refractivity contribution in [2.75, 3.05) is 31.6 Å². The summed E-state index contributed by atoms with van der Waals surface area (Å²) in [5, 5.41) is 3.08. The molecular weight excluding hydrogens is 292 g/mol. The third kappa shape index (κ3) is 3.11. The van der Waals surface area contributed by atoms with Crippen molar-refractivity contribution >= 4 is 29.2 Å². The van der Waals surface area contributed by atoms with E-state index in [4.69, 9.17) is 17.3 Å². The Labute approximate surface area is 128 Å². The Morgan fingerprint density at radius 2 is 2.29 bits per heavy atom. The predicted octanol–water partition coefficient (Wildman–Crippen LogP) is 1.29. The molecule has 6 nitrogen and oxygen atoms in total. The molecular formula is C14H19ClN4O2. The summed E-state index contributed by atoms with van der Waals surface area (Å²) in [5.74, 6) is -0.209. The molecule has 0 spiro atoms. The molecule has 1 fully saturated rings. The first kappa shape index (κ1) is 15.6. The van der Waals surface area contributed by atoms with Crippen LogP contribution in [0.5, 0.6) is 0 Å². The summed E-state index contributed by atoms with van der Waals surface area (Å²) in [6.07, 6.45) is 0. The third-order valence-electron chi connectivity index (χ3n) is 3.67. The van der Waals surface area contributed by atoms with Gasteiger partial charge in [0.2, 0.25) is 0 Å². The monoisotopic (exact) mass is 310 g/mol. The van der Waals surface area contributed by atoms with Crippen molar-refractivity contribution in [2.45, 2.75) is 13.0 Å². The van der Waals surface area contributed by atoms with E-state index in [0.29, 0.717) is 35.9 Å². The summed E-state index contributed by atoms with van der Waals surface area (Å²) in [6.45, 7) is 3.40. The van der Waals surface area contributed by atoms with Crippen LogP contribution in [0.25, 0.3) is 0 Å². The summed E-state index contributed by atoms with van der Waals surface area (Å²) in [5.41, 5.74) is 6.62. The quantitative estimate of drug-likeness (QED) is 0.879. The molecule has 1 saturated heterocycles. The molecule has 1 atom stereocenters. The molecule has 0 unspecified atom stereocenters. The van der Waals surface area contributed by atoms with Crippen molar-refractivity contribution in [2.24, 2.45) is 5.73 Å². The van der Waals surface area contributed by atoms with Crippen LogP contribution in [-0.2, 0) is 0 Å². The number of carbonyl (C=O) groups is 2. The summed E-state index contributed by atoms with van der Waals surface area (Å²) < 4.78 is 0. The van der Waals surface area contributed by atoms with Gasteiger partial charge in [-0.15, -0.1) is 0 Å². The molecule has 1 aromatic rings. The highest BCUT2D eigenvalue weighted by Crippen LogP contribution is 2.25. The Balaban J connectivity index is 2.31. The van der Waals surface area contributed by atoms with E-state index in [1.54, 1.807) is 35.0 Å². The molecule has 0 saturated carbocycles. The molecule has 0 aliphatic carbocycles. The van der Waals surface area contributed by atoms with Gasteiger partial charge < -0.3 is 16.0 Å². The maximum absolute atomic E-state index is 12.5. The van der Waals surface area contributed by atoms with Crippen LogP contribution < -0.4 is 16.0 Å². The van der Waals surface area contributed by atoms with Gasteiger partial charge in [0.05, 0.1) is 10.6 Å². The maximum Gasteiger partial charge on any atom is 0.321 e. The first-order chi connectivity index (χ1) is 9.95. The van der Waals surface area contributed by atoms with Crippen molar-refractivity contribution in [1.82, 2.24) is 10.2 Å². The number of hydrogen-bond acceptors (Lipinski definition) is 3. The van der Waals surface area contributed by atoms with Crippen molar-refractivity contribution in [3.63, 3.8) is 0 Å². The number of likely N-dealkylation sites (N-methyl/N-ethyl adjacent to an activating group) is 1. The van der Waals surface area contributed by atoms with E-state index in [0.717, 1.165) is 0 Å². The minimum atomic E-state index is -0.209. The van der Waals surface area contributed by atoms with Crippen LogP contribution in [0.4, 0.5) is 10.5 Å². The normalized spacial score (nSPS) is 15.8. The van der Waals surface area contributed by atoms with E-state index in [9.17, 15) is 9.59 Å². The van der Waals surface area contributed by atoms with E-state index >= 15 is 0 Å². The van der Waals surface area contributed by atoms with Gasteiger partial charge in [-0.25, -0.2) is 4.79 Å². The van der Waals surface area contributed by atoms with E-state index in [2.05, 4.69) is 5.32 Å². The lowest BCUT2D eigenvalue weighted by atomic mass is 10.1. The highest BCUT2D eigenvalue weighted by Gasteiger charge is 2.24. The van der Waals surface area contributed by atoms with Crippen LogP contribution in [0.2, 0.25) is 5.02 Å². The molecule has 0 aromatic heterocycles. The van der Waals surface area contributed by atoms with E-state index < -0.39 is 0 Å². The lowest BCUT2D eigenvalue weighted by Crippen LogP contribution is -2.40. The molecule has 0 bridgehead atoms. The number of nitrogens with one attached hydrogen (secondary N) is 1. The number of halogens is 1. The molecule has 0 radical (unpaired) electrons. The molecule has 1 heterocycles. The molecule has 1 aromatic carbocycles. The van der Waals surface area contributed by atoms with Gasteiger partial charge in [-0.3, -0.25) is 9.69 Å². The van der Waals surface area contributed by atoms with Crippen LogP contribution in [-0.4, -0.2) is 49.6 Å². The minimum Gasteiger partial charge on any atom is -0.338 e. The van der Waals surface area contributed by atoms with Gasteiger partial charge >= 0.3 is 6.03 Å². The fourth-order valence-corrected chi connectivity index (χ4v) is 2.31. The van der Waals surface area contributed by atoms with Gasteiger partial charge in [-0.2, -0.15) is 0 Å². The molecule has 1 aliphatic heterocycles. The van der Waals surface area contributed by atoms with Crippen molar-refractivity contribution in [3.8, 4) is 0 Å². The van der Waals surface area contributed by atoms with E-state index in [1.165, 1.54) is 0 Å². The second-order valence-electron chi connectivity index (χ2n) is 5.05. The maximum atomic E-state index is 12.5. The zero-order chi connectivity index (χ0) is 15.6. The van der Waals surface area contributed by atoms with E-state index in [-0.39, 0.29) is 18.0 Å². The second kappa shape index (κ2) is 6.32. The molecule has 2 rings (SSSR count). The SMILES string of the molecule is C[C@H](CN)N(C)C(=O)c1cc(N2CCNC2=O)ccc1Cl. The second-order valence-corrected chi connectivity index (χ2v) is 5.46. The lowest BCUT2D eigenvalue weighted by molar-refractivity contribution is 0.0748. The molecule has 3 amide bonds. The predicted molar refractivity (Wildman–Crippen MR) is 82.8 cm³/mol. The summed E-state index contributed by atoms with van der Waals surface area (Å²) in [6, 6.07) is 4.76. The molecule has 7 heteroatoms. The van der Waals surface area contributed by atoms with Crippen molar-refractivity contribution in [3.05, 3.63) is 28.8 Å². The van der Waals surface area contributed by atoms with Crippen LogP contribution in [0, 0.1) is 0 Å². The summed E-state index contributed by atoms with van der Waals surface area (Å²) >= 11 is 6.13. The zero-order valence-corrected chi connectivity index (χ0v) is 12.9. The highest BCUT2D eigenvalue weighted by atomic mass is 35.5. The Kier molecular flexibility index (Phi) is 4.69. The number of benzene rings is 1. The molecule has 114 valence electrons. The van der Waals surface area contributed by atoms with Crippen LogP contribution in [0.1, 0.15) is 17.3 Å². The van der Waals surface area contributed by atoms with Gasteiger partial charge in [-0.05, 0) is 25.1 Å². The smallest absolute Gasteiger partial charge is 0.321 e. The zero-order valence-electron chi connectivity index (χ0n) is 12.1. The Hall–Kier alpha value is -1.79. The standard InChI is InChI=1S/C14H19ClN4O2/c1-9(8-16)18(2)13(20)11-7-10(3-4-12(11)15)19-6-5-17-14(19)21/h3-4,7,9H,5-6,8,16H2,1-2H3,(H,17,21)/t9-/m1/s1. The lowest BCUT2D eigenvalue weighted by Gasteiger charge is -2.25.